The number of nitrogens with zero attached hydrogens (tertiary/aromatic N) is 2. The number of nitrogens with one attached hydrogen (secondary N) is 1. The molecule has 0 bridgehead atoms. The molecule has 3 rings (SSSR count). The molecule has 5 heteroatoms. The molecule has 0 aliphatic rings. The van der Waals surface area contributed by atoms with E-state index < -0.39 is 0 Å². The van der Waals surface area contributed by atoms with Gasteiger partial charge >= 0.3 is 0 Å². The van der Waals surface area contributed by atoms with Gasteiger partial charge in [-0.1, -0.05) is 36.4 Å². The van der Waals surface area contributed by atoms with Gasteiger partial charge in [-0.3, -0.25) is 14.2 Å². The number of aromatic nitrogens is 2. The fraction of sp³-hybridized carbons (Fsp3) is 0.250. The van der Waals surface area contributed by atoms with Crippen molar-refractivity contribution in [1.82, 2.24) is 14.9 Å². The third-order valence-electron chi connectivity index (χ3n) is 4.40. The van der Waals surface area contributed by atoms with E-state index in [1.165, 1.54) is 10.9 Å². The second-order valence-corrected chi connectivity index (χ2v) is 6.29. The van der Waals surface area contributed by atoms with Crippen LogP contribution in [0.1, 0.15) is 29.7 Å². The van der Waals surface area contributed by atoms with Gasteiger partial charge in [0.15, 0.2) is 0 Å². The quantitative estimate of drug-likeness (QED) is 0.797. The first-order valence-corrected chi connectivity index (χ1v) is 8.27. The van der Waals surface area contributed by atoms with Gasteiger partial charge in [-0.2, -0.15) is 0 Å². The smallest absolute Gasteiger partial charge is 0.261 e. The highest BCUT2D eigenvalue weighted by molar-refractivity contribution is 5.81. The molecule has 0 aliphatic heterocycles. The zero-order chi connectivity index (χ0) is 18.0. The molecule has 1 amide bonds. The van der Waals surface area contributed by atoms with Gasteiger partial charge in [0.25, 0.3) is 5.56 Å². The van der Waals surface area contributed by atoms with E-state index in [0.717, 1.165) is 16.7 Å². The Balaban J connectivity index is 1.80. The van der Waals surface area contributed by atoms with Gasteiger partial charge in [0.2, 0.25) is 5.91 Å². The molecule has 128 valence electrons. The number of carbonyl (C=O) groups excluding carboxylic acids is 1. The zero-order valence-corrected chi connectivity index (χ0v) is 14.6. The lowest BCUT2D eigenvalue weighted by Gasteiger charge is -2.17. The largest absolute Gasteiger partial charge is 0.348 e. The molecule has 0 spiro atoms. The molecule has 2 aromatic carbocycles. The minimum Gasteiger partial charge on any atom is -0.348 e. The van der Waals surface area contributed by atoms with Gasteiger partial charge in [0, 0.05) is 0 Å². The minimum absolute atomic E-state index is 0.0497. The van der Waals surface area contributed by atoms with Crippen LogP contribution in [-0.4, -0.2) is 15.5 Å². The lowest BCUT2D eigenvalue weighted by molar-refractivity contribution is -0.122. The SMILES string of the molecule is Cc1ccccc1C(C)NC(=O)Cn1cnc2c(C)cccc2c1=O. The van der Waals surface area contributed by atoms with E-state index in [9.17, 15) is 9.59 Å². The van der Waals surface area contributed by atoms with E-state index in [1.54, 1.807) is 6.07 Å². The van der Waals surface area contributed by atoms with Crippen LogP contribution in [0.5, 0.6) is 0 Å². The van der Waals surface area contributed by atoms with Crippen LogP contribution in [0.15, 0.2) is 53.6 Å². The number of hydrogen-bond acceptors (Lipinski definition) is 3. The summed E-state index contributed by atoms with van der Waals surface area (Å²) < 4.78 is 1.35. The Hall–Kier alpha value is -2.95. The predicted molar refractivity (Wildman–Crippen MR) is 98.5 cm³/mol. The Kier molecular flexibility index (Phi) is 4.65. The summed E-state index contributed by atoms with van der Waals surface area (Å²) in [5.74, 6) is -0.216. The highest BCUT2D eigenvalue weighted by Crippen LogP contribution is 2.16. The second-order valence-electron chi connectivity index (χ2n) is 6.29. The van der Waals surface area contributed by atoms with E-state index in [-0.39, 0.29) is 24.1 Å². The maximum absolute atomic E-state index is 12.6. The van der Waals surface area contributed by atoms with Gasteiger partial charge in [-0.15, -0.1) is 0 Å². The Labute approximate surface area is 146 Å². The number of benzene rings is 2. The number of para-hydroxylation sites is 1. The van der Waals surface area contributed by atoms with Crippen molar-refractivity contribution in [3.63, 3.8) is 0 Å². The summed E-state index contributed by atoms with van der Waals surface area (Å²) in [4.78, 5) is 29.3. The highest BCUT2D eigenvalue weighted by atomic mass is 16.2. The molecule has 1 atom stereocenters. The van der Waals surface area contributed by atoms with Crippen molar-refractivity contribution in [3.05, 3.63) is 75.8 Å². The van der Waals surface area contributed by atoms with Gasteiger partial charge in [-0.25, -0.2) is 4.98 Å². The zero-order valence-electron chi connectivity index (χ0n) is 14.6. The summed E-state index contributed by atoms with van der Waals surface area (Å²) in [5.41, 5.74) is 3.61. The minimum atomic E-state index is -0.216. The normalized spacial score (nSPS) is 12.1. The predicted octanol–water partition coefficient (Wildman–Crippen LogP) is 2.89. The van der Waals surface area contributed by atoms with E-state index in [2.05, 4.69) is 10.3 Å². The number of rotatable bonds is 4. The van der Waals surface area contributed by atoms with Crippen molar-refractivity contribution in [1.29, 1.82) is 0 Å². The number of amides is 1. The van der Waals surface area contributed by atoms with Crippen LogP contribution < -0.4 is 10.9 Å². The molecule has 1 N–H and O–H groups in total. The van der Waals surface area contributed by atoms with Crippen LogP contribution >= 0.6 is 0 Å². The van der Waals surface area contributed by atoms with Crippen molar-refractivity contribution >= 4 is 16.8 Å². The summed E-state index contributed by atoms with van der Waals surface area (Å²) in [6.07, 6.45) is 1.44. The molecule has 0 fully saturated rings. The monoisotopic (exact) mass is 335 g/mol. The van der Waals surface area contributed by atoms with Crippen LogP contribution in [0.4, 0.5) is 0 Å². The van der Waals surface area contributed by atoms with E-state index in [1.807, 2.05) is 57.2 Å². The first kappa shape index (κ1) is 16.9. The standard InChI is InChI=1S/C20H21N3O2/c1-13-7-4-5-9-16(13)15(3)22-18(24)11-23-12-21-19-14(2)8-6-10-17(19)20(23)25/h4-10,12,15H,11H2,1-3H3,(H,22,24). The Morgan fingerprint density at radius 3 is 2.60 bits per heavy atom. The second kappa shape index (κ2) is 6.89. The van der Waals surface area contributed by atoms with E-state index >= 15 is 0 Å². The molecular formula is C20H21N3O2. The fourth-order valence-electron chi connectivity index (χ4n) is 3.04. The third kappa shape index (κ3) is 3.45. The first-order chi connectivity index (χ1) is 12.0. The van der Waals surface area contributed by atoms with Crippen molar-refractivity contribution in [2.24, 2.45) is 0 Å². The molecule has 1 aromatic heterocycles. The van der Waals surface area contributed by atoms with Crippen LogP contribution in [0.3, 0.4) is 0 Å². The van der Waals surface area contributed by atoms with Crippen LogP contribution in [0.2, 0.25) is 0 Å². The molecule has 0 saturated heterocycles. The molecule has 0 radical (unpaired) electrons. The van der Waals surface area contributed by atoms with Crippen molar-refractivity contribution in [2.45, 2.75) is 33.4 Å². The summed E-state index contributed by atoms with van der Waals surface area (Å²) in [7, 11) is 0. The lowest BCUT2D eigenvalue weighted by atomic mass is 10.0. The summed E-state index contributed by atoms with van der Waals surface area (Å²) in [5, 5.41) is 3.48. The summed E-state index contributed by atoms with van der Waals surface area (Å²) in [6.45, 7) is 5.81. The van der Waals surface area contributed by atoms with Crippen molar-refractivity contribution in [3.8, 4) is 0 Å². The van der Waals surface area contributed by atoms with Crippen LogP contribution in [-0.2, 0) is 11.3 Å². The molecule has 0 saturated carbocycles. The average Bonchev–Trinajstić information content (AvgIpc) is 2.58. The third-order valence-corrected chi connectivity index (χ3v) is 4.40. The molecule has 1 unspecified atom stereocenters. The number of fused-ring (bicyclic) bond motifs is 1. The maximum atomic E-state index is 12.6. The summed E-state index contributed by atoms with van der Waals surface area (Å²) in [6, 6.07) is 13.3. The summed E-state index contributed by atoms with van der Waals surface area (Å²) >= 11 is 0. The number of aryl methyl sites for hydroxylation is 2. The fourth-order valence-corrected chi connectivity index (χ4v) is 3.04. The van der Waals surface area contributed by atoms with Crippen LogP contribution in [0.25, 0.3) is 10.9 Å². The molecular weight excluding hydrogens is 314 g/mol. The molecule has 0 aliphatic carbocycles. The van der Waals surface area contributed by atoms with Gasteiger partial charge in [0.05, 0.1) is 23.3 Å². The van der Waals surface area contributed by atoms with E-state index in [4.69, 9.17) is 0 Å². The average molecular weight is 335 g/mol. The number of carbonyl (C=O) groups is 1. The molecule has 1 heterocycles. The Morgan fingerprint density at radius 2 is 1.84 bits per heavy atom. The molecule has 5 nitrogen and oxygen atoms in total. The Morgan fingerprint density at radius 1 is 1.12 bits per heavy atom. The first-order valence-electron chi connectivity index (χ1n) is 8.27. The van der Waals surface area contributed by atoms with Gasteiger partial charge < -0.3 is 5.32 Å². The van der Waals surface area contributed by atoms with Gasteiger partial charge in [-0.05, 0) is 43.5 Å². The van der Waals surface area contributed by atoms with Crippen molar-refractivity contribution < 1.29 is 4.79 Å². The Bertz CT molecular complexity index is 992. The molecule has 25 heavy (non-hydrogen) atoms. The highest BCUT2D eigenvalue weighted by Gasteiger charge is 2.13. The topological polar surface area (TPSA) is 64.0 Å². The lowest BCUT2D eigenvalue weighted by Crippen LogP contribution is -2.34. The maximum Gasteiger partial charge on any atom is 0.261 e. The van der Waals surface area contributed by atoms with Crippen molar-refractivity contribution in [2.75, 3.05) is 0 Å². The molecule has 3 aromatic rings. The van der Waals surface area contributed by atoms with Crippen LogP contribution in [0, 0.1) is 13.8 Å². The number of hydrogen-bond donors (Lipinski definition) is 1. The van der Waals surface area contributed by atoms with Gasteiger partial charge in [0.1, 0.15) is 6.54 Å². The van der Waals surface area contributed by atoms with E-state index in [0.29, 0.717) is 10.9 Å².